The zero-order chi connectivity index (χ0) is 19.4. The van der Waals surface area contributed by atoms with Crippen molar-refractivity contribution in [1.29, 1.82) is 0 Å². The second-order valence-electron chi connectivity index (χ2n) is 7.70. The summed E-state index contributed by atoms with van der Waals surface area (Å²) < 4.78 is 0. The van der Waals surface area contributed by atoms with Crippen molar-refractivity contribution < 1.29 is 0 Å². The van der Waals surface area contributed by atoms with Gasteiger partial charge in [-0.25, -0.2) is 4.98 Å². The summed E-state index contributed by atoms with van der Waals surface area (Å²) in [5.74, 6) is 0. The molecule has 1 fully saturated rings. The smallest absolute Gasteiger partial charge is 0.101 e. The largest absolute Gasteiger partial charge is 0.399 e. The molecule has 0 atom stereocenters. The predicted molar refractivity (Wildman–Crippen MR) is 118 cm³/mol. The van der Waals surface area contributed by atoms with E-state index in [0.717, 1.165) is 43.1 Å². The fourth-order valence-electron chi connectivity index (χ4n) is 4.25. The first-order chi connectivity index (χ1) is 13.6. The molecule has 0 bridgehead atoms. The number of nitrogen functional groups attached to an aromatic ring is 1. The Kier molecular flexibility index (Phi) is 5.69. The summed E-state index contributed by atoms with van der Waals surface area (Å²) >= 11 is 1.70. The van der Waals surface area contributed by atoms with Crippen molar-refractivity contribution in [2.24, 2.45) is 0 Å². The lowest BCUT2D eigenvalue weighted by Crippen LogP contribution is -2.42. The van der Waals surface area contributed by atoms with Gasteiger partial charge in [0.1, 0.15) is 5.03 Å². The number of pyridine rings is 1. The first-order valence-electron chi connectivity index (χ1n) is 9.90. The van der Waals surface area contributed by atoms with Crippen LogP contribution in [-0.4, -0.2) is 18.1 Å². The number of hydrogen-bond acceptors (Lipinski definition) is 4. The molecule has 2 aromatic carbocycles. The number of nitrogens with one attached hydrogen (secondary N) is 1. The van der Waals surface area contributed by atoms with Crippen molar-refractivity contribution in [1.82, 2.24) is 10.3 Å². The summed E-state index contributed by atoms with van der Waals surface area (Å²) in [5, 5.41) is 4.55. The third-order valence-electron chi connectivity index (χ3n) is 5.72. The zero-order valence-electron chi connectivity index (χ0n) is 16.3. The number of hydrogen-bond donors (Lipinski definition) is 2. The molecule has 144 valence electrons. The molecule has 1 saturated heterocycles. The van der Waals surface area contributed by atoms with Gasteiger partial charge in [0.05, 0.1) is 0 Å². The molecule has 28 heavy (non-hydrogen) atoms. The third kappa shape index (κ3) is 4.23. The van der Waals surface area contributed by atoms with Gasteiger partial charge in [-0.15, -0.1) is 0 Å². The minimum atomic E-state index is 0.153. The fraction of sp³-hybridized carbons (Fsp3) is 0.292. The van der Waals surface area contributed by atoms with Gasteiger partial charge in [-0.3, -0.25) is 0 Å². The van der Waals surface area contributed by atoms with Crippen LogP contribution in [0.1, 0.15) is 29.5 Å². The van der Waals surface area contributed by atoms with E-state index < -0.39 is 0 Å². The molecular weight excluding hydrogens is 362 g/mol. The Balaban J connectivity index is 1.58. The monoisotopic (exact) mass is 389 g/mol. The number of benzene rings is 2. The standard InChI is InChI=1S/C24H27N3S/c1-18-5-8-20(25)16-22(18)24(11-14-26-15-12-24)17-19-6-9-21(10-7-19)28-23-4-2-3-13-27-23/h2-10,13,16,26H,11-12,14-15,17,25H2,1H3. The van der Waals surface area contributed by atoms with Crippen molar-refractivity contribution in [3.63, 3.8) is 0 Å². The highest BCUT2D eigenvalue weighted by Crippen LogP contribution is 2.40. The number of nitrogens with two attached hydrogens (primary N) is 1. The Bertz CT molecular complexity index is 916. The highest BCUT2D eigenvalue weighted by molar-refractivity contribution is 7.99. The number of anilines is 1. The van der Waals surface area contributed by atoms with Crippen LogP contribution < -0.4 is 11.1 Å². The molecule has 1 aliphatic heterocycles. The van der Waals surface area contributed by atoms with Crippen LogP contribution in [0.2, 0.25) is 0 Å². The number of rotatable bonds is 5. The van der Waals surface area contributed by atoms with Crippen LogP contribution >= 0.6 is 11.8 Å². The molecule has 4 heteroatoms. The summed E-state index contributed by atoms with van der Waals surface area (Å²) in [6.07, 6.45) is 5.17. The molecule has 0 spiro atoms. The van der Waals surface area contributed by atoms with E-state index in [2.05, 4.69) is 53.6 Å². The Labute approximate surface area is 171 Å². The van der Waals surface area contributed by atoms with Crippen LogP contribution in [0.5, 0.6) is 0 Å². The molecule has 3 aromatic rings. The average Bonchev–Trinajstić information content (AvgIpc) is 2.73. The Morgan fingerprint density at radius 1 is 1.04 bits per heavy atom. The first kappa shape index (κ1) is 19.0. The van der Waals surface area contributed by atoms with Crippen molar-refractivity contribution in [2.45, 2.75) is 41.5 Å². The van der Waals surface area contributed by atoms with Crippen molar-refractivity contribution >= 4 is 17.4 Å². The fourth-order valence-corrected chi connectivity index (χ4v) is 5.03. The second-order valence-corrected chi connectivity index (χ2v) is 8.79. The van der Waals surface area contributed by atoms with Gasteiger partial charge in [0.2, 0.25) is 0 Å². The molecule has 0 aliphatic carbocycles. The molecule has 0 unspecified atom stereocenters. The minimum Gasteiger partial charge on any atom is -0.399 e. The lowest BCUT2D eigenvalue weighted by Gasteiger charge is -2.39. The Morgan fingerprint density at radius 2 is 1.82 bits per heavy atom. The van der Waals surface area contributed by atoms with Gasteiger partial charge < -0.3 is 11.1 Å². The normalized spacial score (nSPS) is 16.0. The van der Waals surface area contributed by atoms with Gasteiger partial charge in [-0.1, -0.05) is 36.0 Å². The quantitative estimate of drug-likeness (QED) is 0.604. The van der Waals surface area contributed by atoms with Crippen LogP contribution in [0.3, 0.4) is 0 Å². The van der Waals surface area contributed by atoms with Crippen molar-refractivity contribution in [3.8, 4) is 0 Å². The highest BCUT2D eigenvalue weighted by Gasteiger charge is 2.35. The van der Waals surface area contributed by atoms with E-state index in [4.69, 9.17) is 5.73 Å². The van der Waals surface area contributed by atoms with Crippen LogP contribution in [0.15, 0.2) is 76.8 Å². The Morgan fingerprint density at radius 3 is 2.54 bits per heavy atom. The lowest BCUT2D eigenvalue weighted by atomic mass is 9.68. The van der Waals surface area contributed by atoms with Gasteiger partial charge in [0.25, 0.3) is 0 Å². The second kappa shape index (κ2) is 8.38. The van der Waals surface area contributed by atoms with Crippen molar-refractivity contribution in [3.05, 3.63) is 83.6 Å². The van der Waals surface area contributed by atoms with Gasteiger partial charge in [0.15, 0.2) is 0 Å². The summed E-state index contributed by atoms with van der Waals surface area (Å²) in [5.41, 5.74) is 11.3. The SMILES string of the molecule is Cc1ccc(N)cc1C1(Cc2ccc(Sc3ccccn3)cc2)CCNCC1. The molecule has 1 aromatic heterocycles. The van der Waals surface area contributed by atoms with Gasteiger partial charge in [-0.2, -0.15) is 0 Å². The van der Waals surface area contributed by atoms with Gasteiger partial charge >= 0.3 is 0 Å². The number of aryl methyl sites for hydroxylation is 1. The molecule has 1 aliphatic rings. The maximum Gasteiger partial charge on any atom is 0.101 e. The first-order valence-corrected chi connectivity index (χ1v) is 10.7. The molecule has 0 saturated carbocycles. The Hall–Kier alpha value is -2.30. The zero-order valence-corrected chi connectivity index (χ0v) is 17.1. The van der Waals surface area contributed by atoms with Crippen LogP contribution in [0, 0.1) is 6.92 Å². The molecule has 0 radical (unpaired) electrons. The number of piperidine rings is 1. The summed E-state index contributed by atoms with van der Waals surface area (Å²) in [6, 6.07) is 21.4. The van der Waals surface area contributed by atoms with E-state index in [1.54, 1.807) is 11.8 Å². The number of aromatic nitrogens is 1. The van der Waals surface area contributed by atoms with E-state index in [1.165, 1.54) is 21.6 Å². The van der Waals surface area contributed by atoms with Crippen molar-refractivity contribution in [2.75, 3.05) is 18.8 Å². The maximum atomic E-state index is 6.16. The minimum absolute atomic E-state index is 0.153. The van der Waals surface area contributed by atoms with E-state index in [9.17, 15) is 0 Å². The van der Waals surface area contributed by atoms with Crippen LogP contribution in [0.25, 0.3) is 0 Å². The molecule has 3 nitrogen and oxygen atoms in total. The highest BCUT2D eigenvalue weighted by atomic mass is 32.2. The van der Waals surface area contributed by atoms with Gasteiger partial charge in [0, 0.05) is 22.2 Å². The average molecular weight is 390 g/mol. The predicted octanol–water partition coefficient (Wildman–Crippen LogP) is 4.99. The summed E-state index contributed by atoms with van der Waals surface area (Å²) in [4.78, 5) is 5.63. The maximum absolute atomic E-state index is 6.16. The topological polar surface area (TPSA) is 50.9 Å². The number of nitrogens with zero attached hydrogens (tertiary/aromatic N) is 1. The lowest BCUT2D eigenvalue weighted by molar-refractivity contribution is 0.304. The van der Waals surface area contributed by atoms with E-state index in [1.807, 2.05) is 30.5 Å². The van der Waals surface area contributed by atoms with E-state index >= 15 is 0 Å². The van der Waals surface area contributed by atoms with E-state index in [0.29, 0.717) is 0 Å². The van der Waals surface area contributed by atoms with Crippen LogP contribution in [-0.2, 0) is 11.8 Å². The molecule has 2 heterocycles. The molecular formula is C24H27N3S. The molecule has 4 rings (SSSR count). The van der Waals surface area contributed by atoms with E-state index in [-0.39, 0.29) is 5.41 Å². The van der Waals surface area contributed by atoms with Gasteiger partial charge in [-0.05, 0) is 92.4 Å². The summed E-state index contributed by atoms with van der Waals surface area (Å²) in [6.45, 7) is 4.33. The molecule has 3 N–H and O–H groups in total. The van der Waals surface area contributed by atoms with Crippen LogP contribution in [0.4, 0.5) is 5.69 Å². The third-order valence-corrected chi connectivity index (χ3v) is 6.68. The molecule has 0 amide bonds. The summed E-state index contributed by atoms with van der Waals surface area (Å²) in [7, 11) is 0.